The molecule has 1 aliphatic heterocycles. The van der Waals surface area contributed by atoms with Crippen LogP contribution in [-0.2, 0) is 17.8 Å². The molecule has 1 N–H and O–H groups in total. The van der Waals surface area contributed by atoms with Gasteiger partial charge in [-0.2, -0.15) is 0 Å². The number of methoxy groups -OCH3 is 2. The summed E-state index contributed by atoms with van der Waals surface area (Å²) < 4.78 is 10.8. The molecule has 1 aromatic carbocycles. The number of hydrogen-bond acceptors (Lipinski definition) is 4. The molecule has 4 heteroatoms. The fourth-order valence-electron chi connectivity index (χ4n) is 3.00. The fraction of sp³-hybridized carbons (Fsp3) is 0.647. The van der Waals surface area contributed by atoms with Crippen LogP contribution in [0.15, 0.2) is 18.2 Å². The van der Waals surface area contributed by atoms with Crippen LogP contribution in [0, 0.1) is 5.92 Å². The van der Waals surface area contributed by atoms with Crippen molar-refractivity contribution in [3.63, 3.8) is 0 Å². The van der Waals surface area contributed by atoms with Gasteiger partial charge in [-0.05, 0) is 43.1 Å². The van der Waals surface area contributed by atoms with Gasteiger partial charge in [0.25, 0.3) is 0 Å². The molecule has 0 aromatic heterocycles. The summed E-state index contributed by atoms with van der Waals surface area (Å²) in [6.45, 7) is 8.14. The molecule has 118 valence electrons. The van der Waals surface area contributed by atoms with Gasteiger partial charge in [0, 0.05) is 32.3 Å². The van der Waals surface area contributed by atoms with Gasteiger partial charge < -0.3 is 14.8 Å². The van der Waals surface area contributed by atoms with Crippen LogP contribution in [0.3, 0.4) is 0 Å². The topological polar surface area (TPSA) is 33.7 Å². The molecule has 21 heavy (non-hydrogen) atoms. The van der Waals surface area contributed by atoms with Crippen molar-refractivity contribution < 1.29 is 9.47 Å². The Morgan fingerprint density at radius 3 is 2.90 bits per heavy atom. The molecular weight excluding hydrogens is 264 g/mol. The second-order valence-electron chi connectivity index (χ2n) is 5.77. The minimum absolute atomic E-state index is 0.672. The lowest BCUT2D eigenvalue weighted by atomic mass is 10.1. The molecule has 1 fully saturated rings. The van der Waals surface area contributed by atoms with Crippen LogP contribution in [0.4, 0.5) is 0 Å². The largest absolute Gasteiger partial charge is 0.496 e. The Morgan fingerprint density at radius 1 is 1.33 bits per heavy atom. The van der Waals surface area contributed by atoms with E-state index < -0.39 is 0 Å². The molecule has 2 rings (SSSR count). The molecule has 0 radical (unpaired) electrons. The maximum Gasteiger partial charge on any atom is 0.123 e. The summed E-state index contributed by atoms with van der Waals surface area (Å²) in [5.74, 6) is 1.66. The minimum Gasteiger partial charge on any atom is -0.496 e. The number of hydrogen-bond donors (Lipinski definition) is 1. The summed E-state index contributed by atoms with van der Waals surface area (Å²) >= 11 is 0. The Kier molecular flexibility index (Phi) is 6.49. The van der Waals surface area contributed by atoms with Crippen LogP contribution in [-0.4, -0.2) is 45.4 Å². The van der Waals surface area contributed by atoms with Crippen LogP contribution in [0.25, 0.3) is 0 Å². The van der Waals surface area contributed by atoms with Gasteiger partial charge in [-0.1, -0.05) is 13.0 Å². The average Bonchev–Trinajstić information content (AvgIpc) is 2.93. The lowest BCUT2D eigenvalue weighted by molar-refractivity contribution is 0.152. The average molecular weight is 292 g/mol. The number of nitrogens with one attached hydrogen (secondary N) is 1. The van der Waals surface area contributed by atoms with Crippen molar-refractivity contribution in [3.05, 3.63) is 29.3 Å². The van der Waals surface area contributed by atoms with E-state index in [-0.39, 0.29) is 0 Å². The van der Waals surface area contributed by atoms with Gasteiger partial charge in [-0.15, -0.1) is 0 Å². The van der Waals surface area contributed by atoms with Gasteiger partial charge in [0.2, 0.25) is 0 Å². The van der Waals surface area contributed by atoms with Crippen molar-refractivity contribution in [2.75, 3.05) is 40.5 Å². The van der Waals surface area contributed by atoms with Gasteiger partial charge in [0.15, 0.2) is 0 Å². The SMILES string of the molecule is CCNCc1ccc(OC)c(CN2CCC(COC)C2)c1. The van der Waals surface area contributed by atoms with Crippen molar-refractivity contribution in [3.8, 4) is 5.75 Å². The maximum atomic E-state index is 5.52. The van der Waals surface area contributed by atoms with Gasteiger partial charge in [-0.25, -0.2) is 0 Å². The van der Waals surface area contributed by atoms with Crippen molar-refractivity contribution in [1.82, 2.24) is 10.2 Å². The molecule has 4 nitrogen and oxygen atoms in total. The van der Waals surface area contributed by atoms with Crippen LogP contribution in [0.2, 0.25) is 0 Å². The third-order valence-electron chi connectivity index (χ3n) is 4.09. The number of benzene rings is 1. The van der Waals surface area contributed by atoms with Crippen molar-refractivity contribution in [2.24, 2.45) is 5.92 Å². The molecule has 1 unspecified atom stereocenters. The first kappa shape index (κ1) is 16.3. The van der Waals surface area contributed by atoms with Crippen molar-refractivity contribution in [2.45, 2.75) is 26.4 Å². The molecule has 1 saturated heterocycles. The molecule has 1 aromatic rings. The van der Waals surface area contributed by atoms with Crippen LogP contribution < -0.4 is 10.1 Å². The maximum absolute atomic E-state index is 5.52. The van der Waals surface area contributed by atoms with Crippen molar-refractivity contribution >= 4 is 0 Å². The lowest BCUT2D eigenvalue weighted by Crippen LogP contribution is -2.22. The number of rotatable bonds is 8. The monoisotopic (exact) mass is 292 g/mol. The molecular formula is C17H28N2O2. The fourth-order valence-corrected chi connectivity index (χ4v) is 3.00. The zero-order valence-corrected chi connectivity index (χ0v) is 13.5. The highest BCUT2D eigenvalue weighted by molar-refractivity contribution is 5.37. The Morgan fingerprint density at radius 2 is 2.19 bits per heavy atom. The summed E-state index contributed by atoms with van der Waals surface area (Å²) in [6, 6.07) is 6.50. The molecule has 1 aliphatic rings. The summed E-state index contributed by atoms with van der Waals surface area (Å²) in [4.78, 5) is 2.50. The smallest absolute Gasteiger partial charge is 0.123 e. The van der Waals surface area contributed by atoms with E-state index in [9.17, 15) is 0 Å². The van der Waals surface area contributed by atoms with Gasteiger partial charge >= 0.3 is 0 Å². The second-order valence-corrected chi connectivity index (χ2v) is 5.77. The molecule has 1 heterocycles. The molecule has 0 spiro atoms. The summed E-state index contributed by atoms with van der Waals surface area (Å²) in [6.07, 6.45) is 1.23. The molecule has 0 bridgehead atoms. The summed E-state index contributed by atoms with van der Waals surface area (Å²) in [5, 5.41) is 3.38. The predicted molar refractivity (Wildman–Crippen MR) is 85.6 cm³/mol. The Hall–Kier alpha value is -1.10. The van der Waals surface area contributed by atoms with E-state index in [1.165, 1.54) is 17.5 Å². The number of nitrogens with zero attached hydrogens (tertiary/aromatic N) is 1. The zero-order valence-electron chi connectivity index (χ0n) is 13.5. The van der Waals surface area contributed by atoms with Gasteiger partial charge in [-0.3, -0.25) is 4.90 Å². The third-order valence-corrected chi connectivity index (χ3v) is 4.09. The minimum atomic E-state index is 0.672. The van der Waals surface area contributed by atoms with E-state index in [1.54, 1.807) is 14.2 Å². The second kappa shape index (κ2) is 8.37. The highest BCUT2D eigenvalue weighted by Crippen LogP contribution is 2.25. The first-order chi connectivity index (χ1) is 10.3. The summed E-state index contributed by atoms with van der Waals surface area (Å²) in [5.41, 5.74) is 2.60. The first-order valence-electron chi connectivity index (χ1n) is 7.84. The third kappa shape index (κ3) is 4.70. The standard InChI is InChI=1S/C17H28N2O2/c1-4-18-10-14-5-6-17(21-3)16(9-14)12-19-8-7-15(11-19)13-20-2/h5-6,9,15,18H,4,7-8,10-13H2,1-3H3. The van der Waals surface area contributed by atoms with E-state index >= 15 is 0 Å². The highest BCUT2D eigenvalue weighted by Gasteiger charge is 2.23. The van der Waals surface area contributed by atoms with Crippen LogP contribution in [0.1, 0.15) is 24.5 Å². The lowest BCUT2D eigenvalue weighted by Gasteiger charge is -2.19. The number of likely N-dealkylation sites (tertiary alicyclic amines) is 1. The van der Waals surface area contributed by atoms with Crippen LogP contribution >= 0.6 is 0 Å². The Bertz CT molecular complexity index is 437. The highest BCUT2D eigenvalue weighted by atomic mass is 16.5. The quantitative estimate of drug-likeness (QED) is 0.797. The molecule has 0 amide bonds. The first-order valence-corrected chi connectivity index (χ1v) is 7.84. The summed E-state index contributed by atoms with van der Waals surface area (Å²) in [7, 11) is 3.54. The van der Waals surface area contributed by atoms with E-state index in [0.29, 0.717) is 5.92 Å². The predicted octanol–water partition coefficient (Wildman–Crippen LogP) is 2.27. The Balaban J connectivity index is 2.00. The van der Waals surface area contributed by atoms with E-state index in [1.807, 2.05) is 0 Å². The zero-order chi connectivity index (χ0) is 15.1. The van der Waals surface area contributed by atoms with E-state index in [4.69, 9.17) is 9.47 Å². The number of ether oxygens (including phenoxy) is 2. The molecule has 1 atom stereocenters. The molecule has 0 aliphatic carbocycles. The van der Waals surface area contributed by atoms with Crippen molar-refractivity contribution in [1.29, 1.82) is 0 Å². The molecule has 0 saturated carbocycles. The van der Waals surface area contributed by atoms with Gasteiger partial charge in [0.1, 0.15) is 5.75 Å². The van der Waals surface area contributed by atoms with E-state index in [2.05, 4.69) is 35.3 Å². The van der Waals surface area contributed by atoms with E-state index in [0.717, 1.165) is 45.1 Å². The Labute approximate surface area is 128 Å². The van der Waals surface area contributed by atoms with Gasteiger partial charge in [0.05, 0.1) is 13.7 Å². The van der Waals surface area contributed by atoms with Crippen LogP contribution in [0.5, 0.6) is 5.75 Å². The normalized spacial score (nSPS) is 19.1.